The molecule has 1 aliphatic heterocycles. The van der Waals surface area contributed by atoms with E-state index in [1.54, 1.807) is 0 Å². The van der Waals surface area contributed by atoms with Gasteiger partial charge in [-0.1, -0.05) is 6.08 Å². The number of hydrogen-bond acceptors (Lipinski definition) is 2. The Bertz CT molecular complexity index is 128. The highest BCUT2D eigenvalue weighted by Gasteiger charge is 2.29. The van der Waals surface area contributed by atoms with Gasteiger partial charge in [0.15, 0.2) is 0 Å². The molecule has 0 saturated carbocycles. The van der Waals surface area contributed by atoms with Gasteiger partial charge in [-0.2, -0.15) is 0 Å². The van der Waals surface area contributed by atoms with Crippen LogP contribution in [-0.2, 0) is 0 Å². The molecule has 1 heterocycles. The smallest absolute Gasteiger partial charge is 0.0502 e. The molecule has 0 aromatic heterocycles. The van der Waals surface area contributed by atoms with Crippen molar-refractivity contribution in [2.24, 2.45) is 5.41 Å². The maximum atomic E-state index is 9.18. The van der Waals surface area contributed by atoms with Crippen molar-refractivity contribution >= 4 is 0 Å². The van der Waals surface area contributed by atoms with E-state index in [-0.39, 0.29) is 12.0 Å². The number of rotatable bonds is 3. The van der Waals surface area contributed by atoms with Crippen molar-refractivity contribution in [3.63, 3.8) is 0 Å². The van der Waals surface area contributed by atoms with Crippen molar-refractivity contribution in [1.82, 2.24) is 5.32 Å². The van der Waals surface area contributed by atoms with Gasteiger partial charge in [0.1, 0.15) is 0 Å². The molecule has 0 bridgehead atoms. The van der Waals surface area contributed by atoms with Crippen molar-refractivity contribution in [1.29, 1.82) is 0 Å². The molecular formula is C9H17NO. The van der Waals surface area contributed by atoms with E-state index < -0.39 is 0 Å². The standard InChI is InChI=1S/C9H17NO/c1-2-4-9(8-11)5-3-6-10-7-9/h2,10-11H,1,3-8H2/t9-/m1/s1. The lowest BCUT2D eigenvalue weighted by atomic mass is 9.79. The zero-order valence-corrected chi connectivity index (χ0v) is 6.97. The molecule has 2 nitrogen and oxygen atoms in total. The van der Waals surface area contributed by atoms with E-state index in [1.165, 1.54) is 6.42 Å². The highest BCUT2D eigenvalue weighted by Crippen LogP contribution is 2.29. The van der Waals surface area contributed by atoms with E-state index in [0.29, 0.717) is 0 Å². The van der Waals surface area contributed by atoms with Crippen LogP contribution >= 0.6 is 0 Å². The zero-order valence-electron chi connectivity index (χ0n) is 6.97. The molecule has 2 heteroatoms. The summed E-state index contributed by atoms with van der Waals surface area (Å²) in [5.74, 6) is 0. The second-order valence-corrected chi connectivity index (χ2v) is 3.43. The third kappa shape index (κ3) is 2.04. The van der Waals surface area contributed by atoms with Crippen molar-refractivity contribution in [2.45, 2.75) is 19.3 Å². The molecule has 64 valence electrons. The Balaban J connectivity index is 2.49. The first-order valence-corrected chi connectivity index (χ1v) is 4.25. The first-order valence-electron chi connectivity index (χ1n) is 4.25. The van der Waals surface area contributed by atoms with Gasteiger partial charge in [0.25, 0.3) is 0 Å². The van der Waals surface area contributed by atoms with Gasteiger partial charge in [0.05, 0.1) is 6.61 Å². The van der Waals surface area contributed by atoms with E-state index in [4.69, 9.17) is 0 Å². The van der Waals surface area contributed by atoms with E-state index >= 15 is 0 Å². The summed E-state index contributed by atoms with van der Waals surface area (Å²) in [6.07, 6.45) is 5.14. The highest BCUT2D eigenvalue weighted by atomic mass is 16.3. The molecule has 1 rings (SSSR count). The molecule has 11 heavy (non-hydrogen) atoms. The first kappa shape index (κ1) is 8.75. The van der Waals surface area contributed by atoms with E-state index in [0.717, 1.165) is 25.9 Å². The normalized spacial score (nSPS) is 31.7. The fourth-order valence-electron chi connectivity index (χ4n) is 1.71. The average Bonchev–Trinajstić information content (AvgIpc) is 2.07. The van der Waals surface area contributed by atoms with Crippen LogP contribution in [0.5, 0.6) is 0 Å². The van der Waals surface area contributed by atoms with Crippen LogP contribution in [0.15, 0.2) is 12.7 Å². The molecule has 1 aliphatic rings. The van der Waals surface area contributed by atoms with E-state index in [1.807, 2.05) is 6.08 Å². The second kappa shape index (κ2) is 3.88. The molecule has 0 unspecified atom stereocenters. The predicted octanol–water partition coefficient (Wildman–Crippen LogP) is 0.925. The number of nitrogens with one attached hydrogen (secondary N) is 1. The Hall–Kier alpha value is -0.340. The minimum atomic E-state index is 0.0972. The van der Waals surface area contributed by atoms with E-state index in [9.17, 15) is 5.11 Å². The molecule has 2 N–H and O–H groups in total. The summed E-state index contributed by atoms with van der Waals surface area (Å²) in [5, 5.41) is 12.5. The Labute approximate surface area is 68.3 Å². The molecule has 0 aromatic rings. The van der Waals surface area contributed by atoms with Crippen molar-refractivity contribution in [3.8, 4) is 0 Å². The number of allylic oxidation sites excluding steroid dienone is 1. The molecule has 0 spiro atoms. The Morgan fingerprint density at radius 3 is 2.91 bits per heavy atom. The Morgan fingerprint density at radius 1 is 1.64 bits per heavy atom. The maximum Gasteiger partial charge on any atom is 0.0502 e. The quantitative estimate of drug-likeness (QED) is 0.594. The van der Waals surface area contributed by atoms with Crippen LogP contribution in [-0.4, -0.2) is 24.8 Å². The molecule has 1 atom stereocenters. The second-order valence-electron chi connectivity index (χ2n) is 3.43. The summed E-state index contributed by atoms with van der Waals surface area (Å²) < 4.78 is 0. The van der Waals surface area contributed by atoms with Crippen LogP contribution in [0.2, 0.25) is 0 Å². The third-order valence-corrected chi connectivity index (χ3v) is 2.47. The van der Waals surface area contributed by atoms with Gasteiger partial charge in [-0.25, -0.2) is 0 Å². The molecule has 0 aliphatic carbocycles. The van der Waals surface area contributed by atoms with Crippen molar-refractivity contribution in [2.75, 3.05) is 19.7 Å². The van der Waals surface area contributed by atoms with Gasteiger partial charge >= 0.3 is 0 Å². The topological polar surface area (TPSA) is 32.3 Å². The van der Waals surface area contributed by atoms with Crippen LogP contribution in [0.3, 0.4) is 0 Å². The predicted molar refractivity (Wildman–Crippen MR) is 46.4 cm³/mol. The van der Waals surface area contributed by atoms with Gasteiger partial charge in [-0.3, -0.25) is 0 Å². The SMILES string of the molecule is C=CC[C@@]1(CO)CCCNC1. The fraction of sp³-hybridized carbons (Fsp3) is 0.778. The number of piperidine rings is 1. The average molecular weight is 155 g/mol. The van der Waals surface area contributed by atoms with Gasteiger partial charge in [0, 0.05) is 12.0 Å². The van der Waals surface area contributed by atoms with Crippen LogP contribution < -0.4 is 5.32 Å². The molecule has 1 saturated heterocycles. The molecule has 1 fully saturated rings. The molecular weight excluding hydrogens is 138 g/mol. The van der Waals surface area contributed by atoms with Crippen LogP contribution in [0.4, 0.5) is 0 Å². The summed E-state index contributed by atoms with van der Waals surface area (Å²) in [6, 6.07) is 0. The van der Waals surface area contributed by atoms with Crippen molar-refractivity contribution < 1.29 is 5.11 Å². The summed E-state index contributed by atoms with van der Waals surface area (Å²) in [5.41, 5.74) is 0.0972. The Morgan fingerprint density at radius 2 is 2.45 bits per heavy atom. The van der Waals surface area contributed by atoms with Crippen molar-refractivity contribution in [3.05, 3.63) is 12.7 Å². The first-order chi connectivity index (χ1) is 5.33. The van der Waals surface area contributed by atoms with Crippen LogP contribution in [0.25, 0.3) is 0 Å². The summed E-state index contributed by atoms with van der Waals surface area (Å²) >= 11 is 0. The van der Waals surface area contributed by atoms with E-state index in [2.05, 4.69) is 11.9 Å². The largest absolute Gasteiger partial charge is 0.396 e. The minimum Gasteiger partial charge on any atom is -0.396 e. The minimum absolute atomic E-state index is 0.0972. The lowest BCUT2D eigenvalue weighted by molar-refractivity contribution is 0.0975. The molecule has 0 aromatic carbocycles. The molecule has 0 radical (unpaired) electrons. The van der Waals surface area contributed by atoms with Gasteiger partial charge in [-0.05, 0) is 25.8 Å². The van der Waals surface area contributed by atoms with Gasteiger partial charge < -0.3 is 10.4 Å². The van der Waals surface area contributed by atoms with Gasteiger partial charge in [-0.15, -0.1) is 6.58 Å². The monoisotopic (exact) mass is 155 g/mol. The highest BCUT2D eigenvalue weighted by molar-refractivity contribution is 4.90. The summed E-state index contributed by atoms with van der Waals surface area (Å²) in [7, 11) is 0. The molecule has 0 amide bonds. The van der Waals surface area contributed by atoms with Gasteiger partial charge in [0.2, 0.25) is 0 Å². The number of aliphatic hydroxyl groups excluding tert-OH is 1. The van der Waals surface area contributed by atoms with Crippen LogP contribution in [0.1, 0.15) is 19.3 Å². The lowest BCUT2D eigenvalue weighted by Gasteiger charge is -2.35. The maximum absolute atomic E-state index is 9.18. The zero-order chi connectivity index (χ0) is 8.16. The summed E-state index contributed by atoms with van der Waals surface area (Å²) in [4.78, 5) is 0. The Kier molecular flexibility index (Phi) is 3.09. The summed E-state index contributed by atoms with van der Waals surface area (Å²) in [6.45, 7) is 6.03. The van der Waals surface area contributed by atoms with Crippen LogP contribution in [0, 0.1) is 5.41 Å². The number of aliphatic hydroxyl groups is 1. The fourth-order valence-corrected chi connectivity index (χ4v) is 1.71. The number of hydrogen-bond donors (Lipinski definition) is 2. The third-order valence-electron chi connectivity index (χ3n) is 2.47. The lowest BCUT2D eigenvalue weighted by Crippen LogP contribution is -2.42.